The quantitative estimate of drug-likeness (QED) is 0.676. The number of carbonyl (C=O) groups is 1. The van der Waals surface area contributed by atoms with Crippen molar-refractivity contribution in [3.05, 3.63) is 65.9 Å². The Labute approximate surface area is 153 Å². The summed E-state index contributed by atoms with van der Waals surface area (Å²) in [4.78, 5) is 18.8. The minimum atomic E-state index is -0.114. The van der Waals surface area contributed by atoms with Crippen molar-refractivity contribution in [1.29, 1.82) is 0 Å². The molecule has 0 bridgehead atoms. The molecule has 0 spiro atoms. The fraction of sp³-hybridized carbons (Fsp3) is 0.238. The molecular formula is C21H22N2O3. The van der Waals surface area contributed by atoms with Gasteiger partial charge in [0.05, 0.1) is 19.2 Å². The number of ether oxygens (including phenoxy) is 2. The van der Waals surface area contributed by atoms with Crippen molar-refractivity contribution in [2.45, 2.75) is 13.5 Å². The van der Waals surface area contributed by atoms with Crippen molar-refractivity contribution in [3.8, 4) is 11.5 Å². The third-order valence-corrected chi connectivity index (χ3v) is 4.12. The maximum Gasteiger partial charge on any atom is 0.272 e. The van der Waals surface area contributed by atoms with Crippen LogP contribution in [0.25, 0.3) is 10.9 Å². The summed E-state index contributed by atoms with van der Waals surface area (Å²) in [5.41, 5.74) is 2.23. The number of carbonyl (C=O) groups excluding carboxylic acids is 1. The molecule has 0 aliphatic heterocycles. The van der Waals surface area contributed by atoms with E-state index in [1.807, 2.05) is 55.5 Å². The summed E-state index contributed by atoms with van der Waals surface area (Å²) in [6, 6.07) is 17.0. The van der Waals surface area contributed by atoms with Gasteiger partial charge in [-0.25, -0.2) is 4.98 Å². The molecule has 0 unspecified atom stereocenters. The van der Waals surface area contributed by atoms with Crippen LogP contribution in [0.3, 0.4) is 0 Å². The summed E-state index contributed by atoms with van der Waals surface area (Å²) in [6.07, 6.45) is 0. The van der Waals surface area contributed by atoms with Crippen molar-refractivity contribution in [2.24, 2.45) is 0 Å². The van der Waals surface area contributed by atoms with Crippen LogP contribution < -0.4 is 9.47 Å². The molecule has 3 rings (SSSR count). The van der Waals surface area contributed by atoms with Crippen LogP contribution in [0, 0.1) is 0 Å². The maximum atomic E-state index is 12.7. The van der Waals surface area contributed by atoms with E-state index in [9.17, 15) is 4.79 Å². The average molecular weight is 350 g/mol. The molecule has 0 saturated heterocycles. The Morgan fingerprint density at radius 2 is 1.77 bits per heavy atom. The van der Waals surface area contributed by atoms with Crippen molar-refractivity contribution in [2.75, 3.05) is 20.8 Å². The lowest BCUT2D eigenvalue weighted by Gasteiger charge is -2.17. The lowest BCUT2D eigenvalue weighted by atomic mass is 10.1. The maximum absolute atomic E-state index is 12.7. The van der Waals surface area contributed by atoms with E-state index < -0.39 is 0 Å². The van der Waals surface area contributed by atoms with Gasteiger partial charge in [0.2, 0.25) is 0 Å². The summed E-state index contributed by atoms with van der Waals surface area (Å²) in [5, 5.41) is 0.940. The number of amides is 1. The summed E-state index contributed by atoms with van der Waals surface area (Å²) in [6.45, 7) is 3.10. The van der Waals surface area contributed by atoms with Crippen molar-refractivity contribution < 1.29 is 14.3 Å². The second-order valence-electron chi connectivity index (χ2n) is 5.99. The highest BCUT2D eigenvalue weighted by molar-refractivity contribution is 5.94. The van der Waals surface area contributed by atoms with Gasteiger partial charge in [0, 0.05) is 19.0 Å². The zero-order valence-corrected chi connectivity index (χ0v) is 15.2. The second-order valence-corrected chi connectivity index (χ2v) is 5.99. The van der Waals surface area contributed by atoms with E-state index in [0.717, 1.165) is 28.0 Å². The summed E-state index contributed by atoms with van der Waals surface area (Å²) >= 11 is 0. The summed E-state index contributed by atoms with van der Waals surface area (Å²) < 4.78 is 10.7. The molecular weight excluding hydrogens is 328 g/mol. The smallest absolute Gasteiger partial charge is 0.272 e. The van der Waals surface area contributed by atoms with Gasteiger partial charge < -0.3 is 14.4 Å². The van der Waals surface area contributed by atoms with Gasteiger partial charge in [-0.15, -0.1) is 0 Å². The lowest BCUT2D eigenvalue weighted by Crippen LogP contribution is -2.27. The van der Waals surface area contributed by atoms with Gasteiger partial charge in [-0.2, -0.15) is 0 Å². The Bertz CT molecular complexity index is 907. The van der Waals surface area contributed by atoms with E-state index in [4.69, 9.17) is 9.47 Å². The first-order valence-electron chi connectivity index (χ1n) is 8.52. The van der Waals surface area contributed by atoms with Crippen molar-refractivity contribution in [3.63, 3.8) is 0 Å². The van der Waals surface area contributed by atoms with Gasteiger partial charge in [0.25, 0.3) is 5.91 Å². The Kier molecular flexibility index (Phi) is 5.37. The minimum Gasteiger partial charge on any atom is -0.497 e. The lowest BCUT2D eigenvalue weighted by molar-refractivity contribution is 0.0779. The number of fused-ring (bicyclic) bond motifs is 1. The standard InChI is InChI=1S/C21H22N2O3/c1-4-26-17-8-5-15(6-9-17)14-23(2)21(24)20-11-7-16-13-18(25-3)10-12-19(16)22-20/h5-13H,4,14H2,1-3H3. The number of methoxy groups -OCH3 is 1. The first-order valence-corrected chi connectivity index (χ1v) is 8.52. The third kappa shape index (κ3) is 3.94. The van der Waals surface area contributed by atoms with Crippen molar-refractivity contribution in [1.82, 2.24) is 9.88 Å². The Morgan fingerprint density at radius 3 is 2.46 bits per heavy atom. The molecule has 0 radical (unpaired) electrons. The monoisotopic (exact) mass is 350 g/mol. The fourth-order valence-corrected chi connectivity index (χ4v) is 2.75. The van der Waals surface area contributed by atoms with E-state index in [0.29, 0.717) is 18.8 Å². The van der Waals surface area contributed by atoms with Gasteiger partial charge in [0.1, 0.15) is 17.2 Å². The van der Waals surface area contributed by atoms with E-state index >= 15 is 0 Å². The highest BCUT2D eigenvalue weighted by atomic mass is 16.5. The Morgan fingerprint density at radius 1 is 1.04 bits per heavy atom. The van der Waals surface area contributed by atoms with Crippen LogP contribution in [0.4, 0.5) is 0 Å². The summed E-state index contributed by atoms with van der Waals surface area (Å²) in [5.74, 6) is 1.49. The predicted molar refractivity (Wildman–Crippen MR) is 102 cm³/mol. The molecule has 3 aromatic rings. The largest absolute Gasteiger partial charge is 0.497 e. The zero-order chi connectivity index (χ0) is 18.5. The van der Waals surface area contributed by atoms with Crippen LogP contribution >= 0.6 is 0 Å². The molecule has 0 atom stereocenters. The number of benzene rings is 2. The second kappa shape index (κ2) is 7.87. The number of rotatable bonds is 6. The first kappa shape index (κ1) is 17.7. The first-order chi connectivity index (χ1) is 12.6. The molecule has 0 aliphatic rings. The molecule has 1 amide bonds. The van der Waals surface area contributed by atoms with Crippen LogP contribution in [0.2, 0.25) is 0 Å². The van der Waals surface area contributed by atoms with Gasteiger partial charge in [-0.1, -0.05) is 18.2 Å². The van der Waals surface area contributed by atoms with Crippen LogP contribution in [0.5, 0.6) is 11.5 Å². The van der Waals surface area contributed by atoms with E-state index in [2.05, 4.69) is 4.98 Å². The predicted octanol–water partition coefficient (Wildman–Crippen LogP) is 3.91. The topological polar surface area (TPSA) is 51.7 Å². The molecule has 5 heteroatoms. The van der Waals surface area contributed by atoms with Gasteiger partial charge >= 0.3 is 0 Å². The molecule has 1 heterocycles. The minimum absolute atomic E-state index is 0.114. The van der Waals surface area contributed by atoms with Crippen molar-refractivity contribution >= 4 is 16.8 Å². The number of aromatic nitrogens is 1. The molecule has 0 fully saturated rings. The molecule has 0 N–H and O–H groups in total. The van der Waals surface area contributed by atoms with E-state index in [1.54, 1.807) is 25.1 Å². The number of nitrogens with zero attached hydrogens (tertiary/aromatic N) is 2. The van der Waals surface area contributed by atoms with Gasteiger partial charge in [-0.3, -0.25) is 4.79 Å². The highest BCUT2D eigenvalue weighted by Crippen LogP contribution is 2.20. The van der Waals surface area contributed by atoms with Crippen LogP contribution in [0.15, 0.2) is 54.6 Å². The van der Waals surface area contributed by atoms with E-state index in [-0.39, 0.29) is 5.91 Å². The summed E-state index contributed by atoms with van der Waals surface area (Å²) in [7, 11) is 3.40. The Hall–Kier alpha value is -3.08. The number of pyridine rings is 1. The molecule has 26 heavy (non-hydrogen) atoms. The fourth-order valence-electron chi connectivity index (χ4n) is 2.75. The van der Waals surface area contributed by atoms with Gasteiger partial charge in [-0.05, 0) is 48.9 Å². The van der Waals surface area contributed by atoms with E-state index in [1.165, 1.54) is 0 Å². The molecule has 2 aromatic carbocycles. The highest BCUT2D eigenvalue weighted by Gasteiger charge is 2.14. The molecule has 134 valence electrons. The zero-order valence-electron chi connectivity index (χ0n) is 15.2. The van der Waals surface area contributed by atoms with Gasteiger partial charge in [0.15, 0.2) is 0 Å². The Balaban J connectivity index is 1.74. The van der Waals surface area contributed by atoms with Crippen LogP contribution in [-0.2, 0) is 6.54 Å². The normalized spacial score (nSPS) is 10.6. The SMILES string of the molecule is CCOc1ccc(CN(C)C(=O)c2ccc3cc(OC)ccc3n2)cc1. The number of hydrogen-bond acceptors (Lipinski definition) is 4. The average Bonchev–Trinajstić information content (AvgIpc) is 2.68. The molecule has 0 aliphatic carbocycles. The molecule has 1 aromatic heterocycles. The number of hydrogen-bond donors (Lipinski definition) is 0. The molecule has 0 saturated carbocycles. The third-order valence-electron chi connectivity index (χ3n) is 4.12. The molecule has 5 nitrogen and oxygen atoms in total. The van der Waals surface area contributed by atoms with Crippen LogP contribution in [-0.4, -0.2) is 36.6 Å². The van der Waals surface area contributed by atoms with Crippen LogP contribution in [0.1, 0.15) is 23.0 Å².